The highest BCUT2D eigenvalue weighted by atomic mass is 32.1. The Bertz CT molecular complexity index is 562. The molecular weight excluding hydrogens is 269 g/mol. The van der Waals surface area contributed by atoms with E-state index in [2.05, 4.69) is 9.47 Å². The Hall–Kier alpha value is -1.76. The maximum Gasteiger partial charge on any atom is 0.573 e. The van der Waals surface area contributed by atoms with Gasteiger partial charge in [-0.3, -0.25) is 0 Å². The molecule has 0 saturated carbocycles. The molecule has 0 unspecified atom stereocenters. The summed E-state index contributed by atoms with van der Waals surface area (Å²) in [5, 5.41) is 3.00. The molecule has 0 saturated heterocycles. The van der Waals surface area contributed by atoms with E-state index < -0.39 is 6.36 Å². The van der Waals surface area contributed by atoms with Crippen molar-refractivity contribution in [3.8, 4) is 5.75 Å². The van der Waals surface area contributed by atoms with E-state index in [0.717, 1.165) is 10.3 Å². The zero-order chi connectivity index (χ0) is 13.2. The van der Waals surface area contributed by atoms with Gasteiger partial charge in [0, 0.05) is 4.88 Å². The van der Waals surface area contributed by atoms with Crippen LogP contribution in [-0.2, 0) is 16.1 Å². The van der Waals surface area contributed by atoms with Crippen molar-refractivity contribution in [2.75, 3.05) is 0 Å². The van der Waals surface area contributed by atoms with E-state index in [4.69, 9.17) is 0 Å². The highest BCUT2D eigenvalue weighted by molar-refractivity contribution is 7.11. The van der Waals surface area contributed by atoms with E-state index in [0.29, 0.717) is 5.39 Å². The fourth-order valence-electron chi connectivity index (χ4n) is 1.49. The van der Waals surface area contributed by atoms with Gasteiger partial charge in [0.1, 0.15) is 12.4 Å². The number of ether oxygens (including phenoxy) is 2. The quantitative estimate of drug-likeness (QED) is 0.858. The predicted octanol–water partition coefficient (Wildman–Crippen LogP) is 3.38. The Labute approximate surface area is 104 Å². The highest BCUT2D eigenvalue weighted by Crippen LogP contribution is 2.31. The molecule has 1 aromatic carbocycles. The lowest BCUT2D eigenvalue weighted by molar-refractivity contribution is -0.274. The number of carbonyl (C=O) groups excluding carboxylic acids is 1. The van der Waals surface area contributed by atoms with Gasteiger partial charge in [-0.05, 0) is 34.4 Å². The van der Waals surface area contributed by atoms with E-state index in [1.165, 1.54) is 36.0 Å². The maximum absolute atomic E-state index is 12.0. The monoisotopic (exact) mass is 275 g/mol. The molecule has 0 bridgehead atoms. The average Bonchev–Trinajstić information content (AvgIpc) is 2.66. The van der Waals surface area contributed by atoms with E-state index >= 15 is 0 Å². The summed E-state index contributed by atoms with van der Waals surface area (Å²) in [7, 11) is 0. The lowest BCUT2D eigenvalue weighted by Gasteiger charge is -2.08. The lowest BCUT2D eigenvalue weighted by Crippen LogP contribution is -2.16. The summed E-state index contributed by atoms with van der Waals surface area (Å²) in [6, 6.07) is 4.00. The summed E-state index contributed by atoms with van der Waals surface area (Å²) in [5.41, 5.74) is 0. The molecule has 1 radical (unpaired) electrons. The van der Waals surface area contributed by atoms with Gasteiger partial charge in [0.25, 0.3) is 0 Å². The second-order valence-electron chi connectivity index (χ2n) is 3.33. The summed E-state index contributed by atoms with van der Waals surface area (Å²) >= 11 is 1.29. The Balaban J connectivity index is 2.28. The Morgan fingerprint density at radius 3 is 2.78 bits per heavy atom. The van der Waals surface area contributed by atoms with Crippen LogP contribution in [0, 0.1) is 0 Å². The molecule has 0 aliphatic heterocycles. The third-order valence-corrected chi connectivity index (χ3v) is 3.14. The number of hydrogen-bond donors (Lipinski definition) is 0. The fourth-order valence-corrected chi connectivity index (χ4v) is 2.40. The first kappa shape index (κ1) is 12.7. The fraction of sp³-hybridized carbons (Fsp3) is 0.182. The van der Waals surface area contributed by atoms with Crippen LogP contribution in [0.15, 0.2) is 23.6 Å². The smallest absolute Gasteiger partial charge is 0.452 e. The molecule has 0 fully saturated rings. The minimum Gasteiger partial charge on any atom is -0.452 e. The van der Waals surface area contributed by atoms with Crippen LogP contribution in [0.2, 0.25) is 0 Å². The Morgan fingerprint density at radius 1 is 1.33 bits per heavy atom. The third kappa shape index (κ3) is 2.92. The highest BCUT2D eigenvalue weighted by Gasteiger charge is 2.31. The SMILES string of the molecule is O=[C]OCc1scc2cc(OC(F)(F)F)ccc12. The zero-order valence-corrected chi connectivity index (χ0v) is 9.60. The first-order valence-corrected chi connectivity index (χ1v) is 5.62. The van der Waals surface area contributed by atoms with Gasteiger partial charge in [-0.25, -0.2) is 4.79 Å². The zero-order valence-electron chi connectivity index (χ0n) is 8.78. The predicted molar refractivity (Wildman–Crippen MR) is 59.0 cm³/mol. The number of halogens is 3. The van der Waals surface area contributed by atoms with Crippen LogP contribution >= 0.6 is 11.3 Å². The summed E-state index contributed by atoms with van der Waals surface area (Å²) in [6.07, 6.45) is -4.71. The second-order valence-corrected chi connectivity index (χ2v) is 4.29. The van der Waals surface area contributed by atoms with Gasteiger partial charge in [0.15, 0.2) is 0 Å². The van der Waals surface area contributed by atoms with Crippen molar-refractivity contribution >= 4 is 28.6 Å². The molecule has 3 nitrogen and oxygen atoms in total. The molecule has 0 aliphatic rings. The van der Waals surface area contributed by atoms with Crippen molar-refractivity contribution in [2.45, 2.75) is 13.0 Å². The van der Waals surface area contributed by atoms with Crippen LogP contribution in [0.25, 0.3) is 10.8 Å². The lowest BCUT2D eigenvalue weighted by atomic mass is 10.2. The number of thiophene rings is 1. The van der Waals surface area contributed by atoms with Gasteiger partial charge >= 0.3 is 12.8 Å². The molecule has 0 atom stereocenters. The van der Waals surface area contributed by atoms with Gasteiger partial charge in [-0.15, -0.1) is 24.5 Å². The van der Waals surface area contributed by atoms with Crippen molar-refractivity contribution in [3.05, 3.63) is 28.5 Å². The molecule has 7 heteroatoms. The number of rotatable bonds is 4. The second kappa shape index (κ2) is 4.85. The Morgan fingerprint density at radius 2 is 2.11 bits per heavy atom. The summed E-state index contributed by atoms with van der Waals surface area (Å²) < 4.78 is 44.4. The van der Waals surface area contributed by atoms with E-state index in [1.807, 2.05) is 0 Å². The summed E-state index contributed by atoms with van der Waals surface area (Å²) in [6.45, 7) is 1.35. The molecule has 0 spiro atoms. The number of hydrogen-bond acceptors (Lipinski definition) is 4. The average molecular weight is 275 g/mol. The van der Waals surface area contributed by atoms with Gasteiger partial charge in [-0.1, -0.05) is 0 Å². The van der Waals surface area contributed by atoms with Crippen molar-refractivity contribution in [1.82, 2.24) is 0 Å². The van der Waals surface area contributed by atoms with Crippen molar-refractivity contribution in [1.29, 1.82) is 0 Å². The molecular formula is C11H6F3O3S. The normalized spacial score (nSPS) is 11.5. The molecule has 0 N–H and O–H groups in total. The van der Waals surface area contributed by atoms with Crippen molar-refractivity contribution in [2.24, 2.45) is 0 Å². The van der Waals surface area contributed by atoms with Crippen LogP contribution < -0.4 is 4.74 Å². The first-order valence-electron chi connectivity index (χ1n) is 4.74. The molecule has 18 heavy (non-hydrogen) atoms. The number of fused-ring (bicyclic) bond motifs is 1. The third-order valence-electron chi connectivity index (χ3n) is 2.15. The first-order chi connectivity index (χ1) is 8.49. The summed E-state index contributed by atoms with van der Waals surface area (Å²) in [5.74, 6) is -0.276. The van der Waals surface area contributed by atoms with Crippen LogP contribution in [0.4, 0.5) is 13.2 Å². The van der Waals surface area contributed by atoms with Gasteiger partial charge < -0.3 is 9.47 Å². The molecule has 95 valence electrons. The maximum atomic E-state index is 12.0. The van der Waals surface area contributed by atoms with Crippen LogP contribution in [-0.4, -0.2) is 12.8 Å². The molecule has 0 aliphatic carbocycles. The minimum absolute atomic E-state index is 0.0527. The van der Waals surface area contributed by atoms with Gasteiger partial charge in [-0.2, -0.15) is 0 Å². The van der Waals surface area contributed by atoms with Crippen molar-refractivity contribution < 1.29 is 27.4 Å². The topological polar surface area (TPSA) is 35.5 Å². The van der Waals surface area contributed by atoms with Crippen LogP contribution in [0.3, 0.4) is 0 Å². The van der Waals surface area contributed by atoms with E-state index in [-0.39, 0.29) is 12.4 Å². The van der Waals surface area contributed by atoms with Crippen LogP contribution in [0.1, 0.15) is 4.88 Å². The standard InChI is InChI=1S/C11H6F3O3S/c12-11(13,14)17-8-1-2-9-7(3-8)5-18-10(9)4-16-6-15/h1-3,5H,4H2. The molecule has 2 rings (SSSR count). The van der Waals surface area contributed by atoms with E-state index in [1.54, 1.807) is 5.38 Å². The molecule has 1 heterocycles. The molecule has 0 amide bonds. The van der Waals surface area contributed by atoms with Crippen LogP contribution in [0.5, 0.6) is 5.75 Å². The largest absolute Gasteiger partial charge is 0.573 e. The number of alkyl halides is 3. The van der Waals surface area contributed by atoms with Crippen molar-refractivity contribution in [3.63, 3.8) is 0 Å². The molecule has 1 aromatic heterocycles. The Kier molecular flexibility index (Phi) is 3.42. The van der Waals surface area contributed by atoms with Gasteiger partial charge in [0.2, 0.25) is 0 Å². The molecule has 2 aromatic rings. The van der Waals surface area contributed by atoms with Gasteiger partial charge in [0.05, 0.1) is 0 Å². The van der Waals surface area contributed by atoms with E-state index in [9.17, 15) is 18.0 Å². The summed E-state index contributed by atoms with van der Waals surface area (Å²) in [4.78, 5) is 10.7. The minimum atomic E-state index is -4.71. The number of benzene rings is 1.